The van der Waals surface area contributed by atoms with Gasteiger partial charge in [0.25, 0.3) is 0 Å². The molecule has 0 aliphatic heterocycles. The molecule has 0 aliphatic rings. The summed E-state index contributed by atoms with van der Waals surface area (Å²) in [6.07, 6.45) is 1.72. The second kappa shape index (κ2) is 8.73. The summed E-state index contributed by atoms with van der Waals surface area (Å²) >= 11 is 6.20. The minimum absolute atomic E-state index is 0.533. The van der Waals surface area contributed by atoms with Gasteiger partial charge in [-0.1, -0.05) is 23.7 Å². The number of anilines is 5. The van der Waals surface area contributed by atoms with Crippen molar-refractivity contribution in [1.82, 2.24) is 9.97 Å². The molecule has 27 heavy (non-hydrogen) atoms. The maximum Gasteiger partial charge on any atom is 0.229 e. The first-order chi connectivity index (χ1) is 13.1. The van der Waals surface area contributed by atoms with Crippen molar-refractivity contribution >= 4 is 40.4 Å². The second-order valence-corrected chi connectivity index (χ2v) is 6.57. The molecule has 6 heteroatoms. The molecule has 0 spiro atoms. The Morgan fingerprint density at radius 1 is 0.963 bits per heavy atom. The molecule has 0 unspecified atom stereocenters. The Bertz CT molecular complexity index is 909. The minimum Gasteiger partial charge on any atom is -0.372 e. The van der Waals surface area contributed by atoms with E-state index < -0.39 is 0 Å². The van der Waals surface area contributed by atoms with Gasteiger partial charge in [0, 0.05) is 30.7 Å². The lowest BCUT2D eigenvalue weighted by atomic mass is 10.1. The maximum absolute atomic E-state index is 6.20. The van der Waals surface area contributed by atoms with Crippen molar-refractivity contribution in [2.45, 2.75) is 20.8 Å². The fourth-order valence-corrected chi connectivity index (χ4v) is 3.07. The van der Waals surface area contributed by atoms with E-state index in [2.05, 4.69) is 64.5 Å². The normalized spacial score (nSPS) is 10.5. The van der Waals surface area contributed by atoms with E-state index in [0.29, 0.717) is 16.8 Å². The van der Waals surface area contributed by atoms with E-state index in [9.17, 15) is 0 Å². The lowest BCUT2D eigenvalue weighted by Crippen LogP contribution is -2.21. The van der Waals surface area contributed by atoms with Gasteiger partial charge in [0.05, 0.1) is 10.7 Å². The Kier molecular flexibility index (Phi) is 6.14. The van der Waals surface area contributed by atoms with Crippen LogP contribution < -0.4 is 15.5 Å². The van der Waals surface area contributed by atoms with Crippen LogP contribution >= 0.6 is 11.6 Å². The third-order valence-corrected chi connectivity index (χ3v) is 4.71. The van der Waals surface area contributed by atoms with Crippen LogP contribution in [0.15, 0.2) is 54.7 Å². The smallest absolute Gasteiger partial charge is 0.229 e. The van der Waals surface area contributed by atoms with Crippen molar-refractivity contribution in [3.63, 3.8) is 0 Å². The number of benzene rings is 2. The first-order valence-electron chi connectivity index (χ1n) is 9.08. The fourth-order valence-electron chi connectivity index (χ4n) is 2.88. The summed E-state index contributed by atoms with van der Waals surface area (Å²) in [5.41, 5.74) is 4.16. The van der Waals surface area contributed by atoms with Crippen molar-refractivity contribution < 1.29 is 0 Å². The number of aromatic nitrogens is 2. The van der Waals surface area contributed by atoms with Gasteiger partial charge in [0.2, 0.25) is 5.95 Å². The Morgan fingerprint density at radius 3 is 2.44 bits per heavy atom. The van der Waals surface area contributed by atoms with Crippen LogP contribution in [-0.2, 0) is 0 Å². The highest BCUT2D eigenvalue weighted by Crippen LogP contribution is 2.26. The molecular weight excluding hydrogens is 358 g/mol. The number of hydrogen-bond acceptors (Lipinski definition) is 5. The third kappa shape index (κ3) is 4.68. The van der Waals surface area contributed by atoms with Crippen LogP contribution in [0.3, 0.4) is 0 Å². The molecule has 0 fully saturated rings. The van der Waals surface area contributed by atoms with Gasteiger partial charge >= 0.3 is 0 Å². The summed E-state index contributed by atoms with van der Waals surface area (Å²) in [5.74, 6) is 1.21. The Hall–Kier alpha value is -2.79. The van der Waals surface area contributed by atoms with Gasteiger partial charge in [-0.05, 0) is 62.7 Å². The van der Waals surface area contributed by atoms with Crippen molar-refractivity contribution in [3.8, 4) is 0 Å². The fraction of sp³-hybridized carbons (Fsp3) is 0.238. The van der Waals surface area contributed by atoms with Crippen molar-refractivity contribution in [2.24, 2.45) is 0 Å². The largest absolute Gasteiger partial charge is 0.372 e. The summed E-state index contributed by atoms with van der Waals surface area (Å²) in [6.45, 7) is 8.39. The van der Waals surface area contributed by atoms with Gasteiger partial charge in [-0.3, -0.25) is 0 Å². The molecule has 0 saturated heterocycles. The third-order valence-electron chi connectivity index (χ3n) is 4.38. The highest BCUT2D eigenvalue weighted by atomic mass is 35.5. The second-order valence-electron chi connectivity index (χ2n) is 6.17. The molecule has 3 aromatic rings. The molecule has 0 saturated carbocycles. The molecule has 0 atom stereocenters. The monoisotopic (exact) mass is 381 g/mol. The van der Waals surface area contributed by atoms with Crippen LogP contribution in [0.4, 0.5) is 28.8 Å². The standard InChI is InChI=1S/C21H24ClN5/c1-4-27(5-2)16-10-11-18(15(3)14-16)25-21-23-13-12-20(26-21)24-19-9-7-6-8-17(19)22/h6-14H,4-5H2,1-3H3,(H2,23,24,25,26). The van der Waals surface area contributed by atoms with Crippen LogP contribution in [0.1, 0.15) is 19.4 Å². The predicted molar refractivity (Wildman–Crippen MR) is 115 cm³/mol. The zero-order chi connectivity index (χ0) is 19.2. The zero-order valence-electron chi connectivity index (χ0n) is 15.8. The van der Waals surface area contributed by atoms with E-state index in [1.54, 1.807) is 6.20 Å². The van der Waals surface area contributed by atoms with Crippen LogP contribution in [-0.4, -0.2) is 23.1 Å². The lowest BCUT2D eigenvalue weighted by Gasteiger charge is -2.22. The van der Waals surface area contributed by atoms with E-state index >= 15 is 0 Å². The molecule has 5 nitrogen and oxygen atoms in total. The quantitative estimate of drug-likeness (QED) is 0.544. The Morgan fingerprint density at radius 2 is 1.74 bits per heavy atom. The molecule has 0 radical (unpaired) electrons. The number of hydrogen-bond donors (Lipinski definition) is 2. The molecule has 2 aromatic carbocycles. The highest BCUT2D eigenvalue weighted by Gasteiger charge is 2.07. The molecule has 3 rings (SSSR count). The van der Waals surface area contributed by atoms with E-state index in [-0.39, 0.29) is 0 Å². The highest BCUT2D eigenvalue weighted by molar-refractivity contribution is 6.33. The first-order valence-corrected chi connectivity index (χ1v) is 9.45. The zero-order valence-corrected chi connectivity index (χ0v) is 16.6. The first kappa shape index (κ1) is 19.0. The topological polar surface area (TPSA) is 53.1 Å². The van der Waals surface area contributed by atoms with Gasteiger partial charge in [-0.15, -0.1) is 0 Å². The van der Waals surface area contributed by atoms with E-state index in [1.165, 1.54) is 5.69 Å². The Labute approximate surface area is 165 Å². The molecule has 2 N–H and O–H groups in total. The van der Waals surface area contributed by atoms with Crippen LogP contribution in [0.25, 0.3) is 0 Å². The number of nitrogens with one attached hydrogen (secondary N) is 2. The average Bonchev–Trinajstić information content (AvgIpc) is 2.67. The van der Waals surface area contributed by atoms with E-state index in [4.69, 9.17) is 11.6 Å². The summed E-state index contributed by atoms with van der Waals surface area (Å²) in [7, 11) is 0. The van der Waals surface area contributed by atoms with Gasteiger partial charge < -0.3 is 15.5 Å². The molecule has 0 aliphatic carbocycles. The minimum atomic E-state index is 0.533. The number of nitrogens with zero attached hydrogens (tertiary/aromatic N) is 3. The van der Waals surface area contributed by atoms with Crippen molar-refractivity contribution in [2.75, 3.05) is 28.6 Å². The summed E-state index contributed by atoms with van der Waals surface area (Å²) in [6, 6.07) is 15.7. The molecule has 140 valence electrons. The van der Waals surface area contributed by atoms with Crippen LogP contribution in [0.5, 0.6) is 0 Å². The number of para-hydroxylation sites is 1. The molecule has 0 amide bonds. The molecule has 1 heterocycles. The van der Waals surface area contributed by atoms with E-state index in [0.717, 1.165) is 30.0 Å². The van der Waals surface area contributed by atoms with Crippen LogP contribution in [0.2, 0.25) is 5.02 Å². The predicted octanol–water partition coefficient (Wildman–Crippen LogP) is 5.77. The van der Waals surface area contributed by atoms with Crippen molar-refractivity contribution in [1.29, 1.82) is 0 Å². The molecule has 1 aromatic heterocycles. The average molecular weight is 382 g/mol. The lowest BCUT2D eigenvalue weighted by molar-refractivity contribution is 0.866. The number of halogens is 1. The SMILES string of the molecule is CCN(CC)c1ccc(Nc2nccc(Nc3ccccc3Cl)n2)c(C)c1. The van der Waals surface area contributed by atoms with Gasteiger partial charge in [-0.2, -0.15) is 4.98 Å². The Balaban J connectivity index is 1.77. The maximum atomic E-state index is 6.20. The van der Waals surface area contributed by atoms with Gasteiger partial charge in [0.15, 0.2) is 0 Å². The number of rotatable bonds is 7. The molecule has 0 bridgehead atoms. The van der Waals surface area contributed by atoms with E-state index in [1.807, 2.05) is 30.3 Å². The van der Waals surface area contributed by atoms with Crippen molar-refractivity contribution in [3.05, 3.63) is 65.3 Å². The number of aryl methyl sites for hydroxylation is 1. The van der Waals surface area contributed by atoms with Gasteiger partial charge in [0.1, 0.15) is 5.82 Å². The van der Waals surface area contributed by atoms with Gasteiger partial charge in [-0.25, -0.2) is 4.98 Å². The summed E-state index contributed by atoms with van der Waals surface area (Å²) in [5, 5.41) is 7.17. The molecular formula is C21H24ClN5. The summed E-state index contributed by atoms with van der Waals surface area (Å²) < 4.78 is 0. The van der Waals surface area contributed by atoms with Crippen LogP contribution in [0, 0.1) is 6.92 Å². The summed E-state index contributed by atoms with van der Waals surface area (Å²) in [4.78, 5) is 11.2.